The van der Waals surface area contributed by atoms with Gasteiger partial charge in [0.05, 0.1) is 6.04 Å². The van der Waals surface area contributed by atoms with E-state index in [0.717, 1.165) is 16.5 Å². The molecule has 0 saturated carbocycles. The summed E-state index contributed by atoms with van der Waals surface area (Å²) in [6, 6.07) is 11.9. The van der Waals surface area contributed by atoms with Crippen molar-refractivity contribution >= 4 is 40.5 Å². The molecule has 2 aromatic carbocycles. The van der Waals surface area contributed by atoms with Crippen molar-refractivity contribution in [2.45, 2.75) is 69.1 Å². The molecule has 13 nitrogen and oxygen atoms in total. The minimum Gasteiger partial charge on any atom is -0.480 e. The first-order chi connectivity index (χ1) is 21.1. The fourth-order valence-corrected chi connectivity index (χ4v) is 4.82. The van der Waals surface area contributed by atoms with Crippen LogP contribution in [0.1, 0.15) is 43.2 Å². The van der Waals surface area contributed by atoms with Crippen molar-refractivity contribution in [3.8, 4) is 0 Å². The zero-order chi connectivity index (χ0) is 32.1. The predicted molar refractivity (Wildman–Crippen MR) is 165 cm³/mol. The molecule has 0 fully saturated rings. The monoisotopic (exact) mass is 607 g/mol. The van der Waals surface area contributed by atoms with Gasteiger partial charge in [-0.25, -0.2) is 4.79 Å². The zero-order valence-corrected chi connectivity index (χ0v) is 24.5. The molecule has 3 rings (SSSR count). The van der Waals surface area contributed by atoms with E-state index in [0.29, 0.717) is 24.9 Å². The molecule has 0 aliphatic rings. The van der Waals surface area contributed by atoms with Gasteiger partial charge in [0, 0.05) is 29.9 Å². The Morgan fingerprint density at radius 2 is 1.41 bits per heavy atom. The van der Waals surface area contributed by atoms with Gasteiger partial charge in [0.15, 0.2) is 0 Å². The van der Waals surface area contributed by atoms with Gasteiger partial charge in [0.25, 0.3) is 0 Å². The van der Waals surface area contributed by atoms with E-state index >= 15 is 0 Å². The van der Waals surface area contributed by atoms with Crippen molar-refractivity contribution in [2.75, 3.05) is 6.54 Å². The van der Waals surface area contributed by atoms with E-state index in [2.05, 4.69) is 20.9 Å². The maximum Gasteiger partial charge on any atom is 0.326 e. The summed E-state index contributed by atoms with van der Waals surface area (Å²) in [6.07, 6.45) is 2.81. The average Bonchev–Trinajstić information content (AvgIpc) is 3.41. The number of aliphatic carboxylic acids is 1. The molecule has 0 saturated heterocycles. The van der Waals surface area contributed by atoms with E-state index in [1.54, 1.807) is 6.20 Å². The fourth-order valence-electron chi connectivity index (χ4n) is 4.82. The van der Waals surface area contributed by atoms with Crippen LogP contribution in [0.25, 0.3) is 10.9 Å². The lowest BCUT2D eigenvalue weighted by molar-refractivity contribution is -0.142. The van der Waals surface area contributed by atoms with Crippen LogP contribution in [-0.2, 0) is 36.8 Å². The topological polar surface area (TPSA) is 236 Å². The van der Waals surface area contributed by atoms with Gasteiger partial charge in [0.2, 0.25) is 23.6 Å². The van der Waals surface area contributed by atoms with E-state index in [-0.39, 0.29) is 32.1 Å². The molecule has 11 N–H and O–H groups in total. The number of amides is 4. The second-order valence-electron chi connectivity index (χ2n) is 10.7. The van der Waals surface area contributed by atoms with Gasteiger partial charge in [-0.3, -0.25) is 19.2 Å². The number of hydrogen-bond acceptors (Lipinski definition) is 7. The Morgan fingerprint density at radius 1 is 0.773 bits per heavy atom. The molecule has 4 unspecified atom stereocenters. The van der Waals surface area contributed by atoms with Crippen molar-refractivity contribution in [1.82, 2.24) is 20.9 Å². The molecule has 1 heterocycles. The van der Waals surface area contributed by atoms with Crippen molar-refractivity contribution in [3.05, 3.63) is 71.9 Å². The minimum absolute atomic E-state index is 0.0146. The smallest absolute Gasteiger partial charge is 0.326 e. The van der Waals surface area contributed by atoms with Gasteiger partial charge in [-0.1, -0.05) is 48.5 Å². The molecule has 44 heavy (non-hydrogen) atoms. The molecule has 1 aromatic heterocycles. The van der Waals surface area contributed by atoms with Gasteiger partial charge in [0.1, 0.15) is 18.1 Å². The number of aromatic nitrogens is 1. The lowest BCUT2D eigenvalue weighted by atomic mass is 10.0. The number of fused-ring (bicyclic) bond motifs is 1. The van der Waals surface area contributed by atoms with Crippen molar-refractivity contribution in [1.29, 1.82) is 0 Å². The van der Waals surface area contributed by atoms with Crippen LogP contribution >= 0.6 is 0 Å². The van der Waals surface area contributed by atoms with Crippen LogP contribution in [0.15, 0.2) is 60.8 Å². The highest BCUT2D eigenvalue weighted by atomic mass is 16.4. The van der Waals surface area contributed by atoms with Crippen molar-refractivity contribution < 1.29 is 29.1 Å². The molecule has 0 spiro atoms. The summed E-state index contributed by atoms with van der Waals surface area (Å²) in [7, 11) is 0. The lowest BCUT2D eigenvalue weighted by Gasteiger charge is -2.25. The Morgan fingerprint density at radius 3 is 2.09 bits per heavy atom. The summed E-state index contributed by atoms with van der Waals surface area (Å²) in [5, 5.41) is 18.3. The number of carboxylic acid groups (broad SMARTS) is 1. The second kappa shape index (κ2) is 16.8. The number of rotatable bonds is 18. The minimum atomic E-state index is -1.24. The number of para-hydroxylation sites is 1. The summed E-state index contributed by atoms with van der Waals surface area (Å²) in [5.74, 6) is -3.99. The highest BCUT2D eigenvalue weighted by molar-refractivity contribution is 5.95. The average molecular weight is 608 g/mol. The SMILES string of the molecule is NCCCCC(NC(=O)C(Cc1c[nH]c2ccccc12)NC(=O)C(CCC(N)=O)NC(=O)C(N)Cc1ccccc1)C(=O)O. The summed E-state index contributed by atoms with van der Waals surface area (Å²) >= 11 is 0. The fraction of sp³-hybridized carbons (Fsp3) is 0.387. The van der Waals surface area contributed by atoms with Crippen LogP contribution in [0.3, 0.4) is 0 Å². The molecular weight excluding hydrogens is 566 g/mol. The van der Waals surface area contributed by atoms with E-state index in [9.17, 15) is 29.1 Å². The first-order valence-corrected chi connectivity index (χ1v) is 14.6. The highest BCUT2D eigenvalue weighted by Gasteiger charge is 2.31. The third-order valence-electron chi connectivity index (χ3n) is 7.24. The van der Waals surface area contributed by atoms with Crippen LogP contribution in [0.5, 0.6) is 0 Å². The van der Waals surface area contributed by atoms with Crippen LogP contribution in [-0.4, -0.2) is 70.4 Å². The number of carbonyl (C=O) groups is 5. The van der Waals surface area contributed by atoms with Gasteiger partial charge < -0.3 is 43.2 Å². The summed E-state index contributed by atoms with van der Waals surface area (Å²) in [6.45, 7) is 0.382. The van der Waals surface area contributed by atoms with Crippen molar-refractivity contribution in [2.24, 2.45) is 17.2 Å². The number of aromatic amines is 1. The number of carbonyl (C=O) groups excluding carboxylic acids is 4. The van der Waals surface area contributed by atoms with Crippen LogP contribution in [0.4, 0.5) is 0 Å². The van der Waals surface area contributed by atoms with Crippen molar-refractivity contribution in [3.63, 3.8) is 0 Å². The molecule has 0 radical (unpaired) electrons. The predicted octanol–water partition coefficient (Wildman–Crippen LogP) is 0.214. The Balaban J connectivity index is 1.82. The number of hydrogen-bond donors (Lipinski definition) is 8. The number of unbranched alkanes of at least 4 members (excludes halogenated alkanes) is 1. The van der Waals surface area contributed by atoms with E-state index in [4.69, 9.17) is 17.2 Å². The number of H-pyrrole nitrogens is 1. The molecule has 4 amide bonds. The molecule has 0 aliphatic carbocycles. The first-order valence-electron chi connectivity index (χ1n) is 14.6. The normalized spacial score (nSPS) is 13.8. The molecule has 4 atom stereocenters. The number of carboxylic acids is 1. The standard InChI is InChI=1S/C31H41N7O6/c32-15-7-6-12-25(31(43)44)37-30(42)26(17-20-18-35-23-11-5-4-10-21(20)23)38-29(41)24(13-14-27(34)39)36-28(40)22(33)16-19-8-2-1-3-9-19/h1-5,8-11,18,22,24-26,35H,6-7,12-17,32-33H2,(H2,34,39)(H,36,40)(H,37,42)(H,38,41)(H,43,44). The van der Waals surface area contributed by atoms with Crippen LogP contribution in [0, 0.1) is 0 Å². The lowest BCUT2D eigenvalue weighted by Crippen LogP contribution is -2.57. The summed E-state index contributed by atoms with van der Waals surface area (Å²) in [5.41, 5.74) is 19.3. The van der Waals surface area contributed by atoms with E-state index in [1.165, 1.54) is 0 Å². The van der Waals surface area contributed by atoms with E-state index < -0.39 is 53.8 Å². The molecule has 0 bridgehead atoms. The maximum atomic E-state index is 13.6. The molecular formula is C31H41N7O6. The van der Waals surface area contributed by atoms with Gasteiger partial charge in [-0.2, -0.15) is 0 Å². The third kappa shape index (κ3) is 10.2. The number of nitrogens with two attached hydrogens (primary N) is 3. The van der Waals surface area contributed by atoms with Gasteiger partial charge in [-0.05, 0) is 55.8 Å². The quantitative estimate of drug-likeness (QED) is 0.0929. The van der Waals surface area contributed by atoms with Gasteiger partial charge >= 0.3 is 5.97 Å². The van der Waals surface area contributed by atoms with Crippen LogP contribution in [0.2, 0.25) is 0 Å². The third-order valence-corrected chi connectivity index (χ3v) is 7.24. The van der Waals surface area contributed by atoms with Gasteiger partial charge in [-0.15, -0.1) is 0 Å². The number of primary amides is 1. The molecule has 236 valence electrons. The Kier molecular flexibility index (Phi) is 12.9. The largest absolute Gasteiger partial charge is 0.480 e. The van der Waals surface area contributed by atoms with E-state index in [1.807, 2.05) is 54.6 Å². The summed E-state index contributed by atoms with van der Waals surface area (Å²) < 4.78 is 0. The number of nitrogens with one attached hydrogen (secondary N) is 4. The Bertz CT molecular complexity index is 1430. The first kappa shape index (κ1) is 33.7. The molecule has 13 heteroatoms. The Hall–Kier alpha value is -4.75. The summed E-state index contributed by atoms with van der Waals surface area (Å²) in [4.78, 5) is 66.7. The maximum absolute atomic E-state index is 13.6. The number of benzene rings is 2. The second-order valence-corrected chi connectivity index (χ2v) is 10.7. The highest BCUT2D eigenvalue weighted by Crippen LogP contribution is 2.19. The molecule has 0 aliphatic heterocycles. The Labute approximate surface area is 255 Å². The molecule has 3 aromatic rings. The zero-order valence-electron chi connectivity index (χ0n) is 24.5. The van der Waals surface area contributed by atoms with Crippen LogP contribution < -0.4 is 33.2 Å².